The van der Waals surface area contributed by atoms with Crippen LogP contribution in [-0.4, -0.2) is 112 Å². The van der Waals surface area contributed by atoms with E-state index in [1.807, 2.05) is 37.3 Å². The minimum Gasteiger partial charge on any atom is -0.494 e. The van der Waals surface area contributed by atoms with Crippen molar-refractivity contribution in [3.05, 3.63) is 35.7 Å². The van der Waals surface area contributed by atoms with Crippen LogP contribution in [0.25, 0.3) is 21.6 Å². The molecule has 4 heterocycles. The molecule has 0 saturated carbocycles. The zero-order chi connectivity index (χ0) is 30.2. The van der Waals surface area contributed by atoms with Gasteiger partial charge in [0.05, 0.1) is 42.4 Å². The van der Waals surface area contributed by atoms with Crippen LogP contribution in [0.3, 0.4) is 0 Å². The summed E-state index contributed by atoms with van der Waals surface area (Å²) in [6.45, 7) is 8.09. The number of hydrogen-bond donors (Lipinski definition) is 0. The maximum Gasteiger partial charge on any atom is 0.305 e. The number of carbonyl (C=O) groups excluding carboxylic acids is 1. The summed E-state index contributed by atoms with van der Waals surface area (Å²) < 4.78 is 43.4. The molecule has 1 aromatic carbocycles. The van der Waals surface area contributed by atoms with Crippen LogP contribution >= 0.6 is 11.3 Å². The lowest BCUT2D eigenvalue weighted by atomic mass is 10.2. The predicted octanol–water partition coefficient (Wildman–Crippen LogP) is 3.64. The van der Waals surface area contributed by atoms with Crippen LogP contribution in [0.5, 0.6) is 5.75 Å². The van der Waals surface area contributed by atoms with Gasteiger partial charge in [-0.15, -0.1) is 11.3 Å². The number of sulfonamides is 1. The second kappa shape index (κ2) is 14.8. The third kappa shape index (κ3) is 8.63. The molecule has 5 rings (SSSR count). The molecule has 0 aliphatic carbocycles. The number of benzene rings is 1. The molecular weight excluding hydrogens is 590 g/mol. The largest absolute Gasteiger partial charge is 0.494 e. The van der Waals surface area contributed by atoms with Gasteiger partial charge < -0.3 is 19.1 Å². The van der Waals surface area contributed by atoms with Gasteiger partial charge in [0.15, 0.2) is 11.6 Å². The molecule has 11 nitrogen and oxygen atoms in total. The van der Waals surface area contributed by atoms with Gasteiger partial charge in [-0.3, -0.25) is 9.69 Å². The van der Waals surface area contributed by atoms with Gasteiger partial charge in [0.2, 0.25) is 10.0 Å². The van der Waals surface area contributed by atoms with E-state index < -0.39 is 10.0 Å². The standard InChI is InChI=1S/C30H41N5O6S2/c1-3-39-27(36)7-5-4-6-18-40-24-10-8-23(9-11-24)29-31-26-12-20-42-28(26)30(32-29)34-17-19-41-25(22-34)21-33-13-15-35(16-14-33)43(2,37)38/h8-12,20,25H,3-7,13-19,21-22H2,1-2H3. The van der Waals surface area contributed by atoms with Crippen molar-refractivity contribution in [2.24, 2.45) is 0 Å². The summed E-state index contributed by atoms with van der Waals surface area (Å²) in [6, 6.07) is 9.91. The van der Waals surface area contributed by atoms with E-state index in [9.17, 15) is 13.2 Å². The first-order valence-electron chi connectivity index (χ1n) is 15.0. The molecular formula is C30H41N5O6S2. The second-order valence-electron chi connectivity index (χ2n) is 10.9. The molecule has 2 fully saturated rings. The van der Waals surface area contributed by atoms with Gasteiger partial charge in [-0.05, 0) is 61.9 Å². The molecule has 1 unspecified atom stereocenters. The number of unbranched alkanes of at least 4 members (excludes halogenated alkanes) is 2. The molecule has 234 valence electrons. The number of carbonyl (C=O) groups is 1. The Morgan fingerprint density at radius 3 is 2.58 bits per heavy atom. The van der Waals surface area contributed by atoms with E-state index in [0.717, 1.165) is 59.7 Å². The molecule has 0 radical (unpaired) electrons. The number of esters is 1. The number of aromatic nitrogens is 2. The van der Waals surface area contributed by atoms with Gasteiger partial charge in [-0.25, -0.2) is 18.4 Å². The summed E-state index contributed by atoms with van der Waals surface area (Å²) in [7, 11) is -3.15. The highest BCUT2D eigenvalue weighted by Crippen LogP contribution is 2.33. The third-order valence-corrected chi connectivity index (χ3v) is 9.90. The van der Waals surface area contributed by atoms with Crippen molar-refractivity contribution in [1.29, 1.82) is 0 Å². The Hall–Kier alpha value is -2.84. The highest BCUT2D eigenvalue weighted by atomic mass is 32.2. The second-order valence-corrected chi connectivity index (χ2v) is 13.8. The van der Waals surface area contributed by atoms with E-state index in [0.29, 0.717) is 64.8 Å². The fourth-order valence-corrected chi connectivity index (χ4v) is 7.09. The number of thiophene rings is 1. The van der Waals surface area contributed by atoms with Gasteiger partial charge >= 0.3 is 5.97 Å². The van der Waals surface area contributed by atoms with Gasteiger partial charge in [0, 0.05) is 57.8 Å². The van der Waals surface area contributed by atoms with Crippen LogP contribution in [0.2, 0.25) is 0 Å². The molecule has 2 saturated heterocycles. The molecule has 2 aromatic heterocycles. The van der Waals surface area contributed by atoms with Crippen LogP contribution in [-0.2, 0) is 24.3 Å². The highest BCUT2D eigenvalue weighted by Gasteiger charge is 2.29. The summed E-state index contributed by atoms with van der Waals surface area (Å²) in [5.74, 6) is 2.25. The number of ether oxygens (including phenoxy) is 3. The molecule has 13 heteroatoms. The maximum absolute atomic E-state index is 11.9. The highest BCUT2D eigenvalue weighted by molar-refractivity contribution is 7.88. The van der Waals surface area contributed by atoms with Crippen molar-refractivity contribution in [2.45, 2.75) is 38.7 Å². The summed E-state index contributed by atoms with van der Waals surface area (Å²) in [6.07, 6.45) is 4.33. The third-order valence-electron chi connectivity index (χ3n) is 7.70. The molecule has 2 aliphatic heterocycles. The fraction of sp³-hybridized carbons (Fsp3) is 0.567. The first kappa shape index (κ1) is 31.6. The zero-order valence-electron chi connectivity index (χ0n) is 24.9. The van der Waals surface area contributed by atoms with E-state index in [1.165, 1.54) is 6.26 Å². The Balaban J connectivity index is 1.18. The Kier molecular flexibility index (Phi) is 10.8. The first-order valence-corrected chi connectivity index (χ1v) is 17.7. The number of fused-ring (bicyclic) bond motifs is 1. The van der Waals surface area contributed by atoms with E-state index in [2.05, 4.69) is 15.2 Å². The summed E-state index contributed by atoms with van der Waals surface area (Å²) in [4.78, 5) is 25.9. The monoisotopic (exact) mass is 631 g/mol. The molecule has 0 amide bonds. The summed E-state index contributed by atoms with van der Waals surface area (Å²) in [5.41, 5.74) is 1.85. The molecule has 3 aromatic rings. The van der Waals surface area contributed by atoms with Crippen LogP contribution in [0.1, 0.15) is 32.6 Å². The van der Waals surface area contributed by atoms with Crippen LogP contribution < -0.4 is 9.64 Å². The molecule has 0 bridgehead atoms. The average Bonchev–Trinajstić information content (AvgIpc) is 3.48. The molecule has 2 aliphatic rings. The van der Waals surface area contributed by atoms with Crippen molar-refractivity contribution in [3.8, 4) is 17.1 Å². The Morgan fingerprint density at radius 2 is 1.84 bits per heavy atom. The fourth-order valence-electron chi connectivity index (χ4n) is 5.42. The smallest absolute Gasteiger partial charge is 0.305 e. The summed E-state index contributed by atoms with van der Waals surface area (Å²) in [5, 5.41) is 2.05. The van der Waals surface area contributed by atoms with Gasteiger partial charge in [0.1, 0.15) is 5.75 Å². The zero-order valence-corrected chi connectivity index (χ0v) is 26.6. The lowest BCUT2D eigenvalue weighted by molar-refractivity contribution is -0.143. The number of nitrogens with zero attached hydrogens (tertiary/aromatic N) is 5. The average molecular weight is 632 g/mol. The maximum atomic E-state index is 11.9. The van der Waals surface area contributed by atoms with Crippen molar-refractivity contribution in [2.75, 3.05) is 76.8 Å². The van der Waals surface area contributed by atoms with Crippen LogP contribution in [0.4, 0.5) is 5.82 Å². The van der Waals surface area contributed by atoms with E-state index in [1.54, 1.807) is 15.6 Å². The quantitative estimate of drug-likeness (QED) is 0.205. The number of rotatable bonds is 13. The number of piperazine rings is 1. The normalized spacial score (nSPS) is 18.7. The minimum atomic E-state index is -3.15. The van der Waals surface area contributed by atoms with Gasteiger partial charge in [0.25, 0.3) is 0 Å². The lowest BCUT2D eigenvalue weighted by Crippen LogP contribution is -2.53. The first-order chi connectivity index (χ1) is 20.8. The number of morpholine rings is 1. The van der Waals surface area contributed by atoms with Crippen molar-refractivity contribution < 1.29 is 27.4 Å². The van der Waals surface area contributed by atoms with Crippen LogP contribution in [0.15, 0.2) is 35.7 Å². The Labute approximate surface area is 257 Å². The van der Waals surface area contributed by atoms with E-state index in [-0.39, 0.29) is 12.1 Å². The minimum absolute atomic E-state index is 0.00792. The van der Waals surface area contributed by atoms with Crippen molar-refractivity contribution in [3.63, 3.8) is 0 Å². The van der Waals surface area contributed by atoms with Gasteiger partial charge in [-0.1, -0.05) is 0 Å². The Bertz CT molecular complexity index is 1460. The molecule has 0 spiro atoms. The topological polar surface area (TPSA) is 114 Å². The number of anilines is 1. The Morgan fingerprint density at radius 1 is 1.05 bits per heavy atom. The lowest BCUT2D eigenvalue weighted by Gasteiger charge is -2.39. The van der Waals surface area contributed by atoms with E-state index in [4.69, 9.17) is 24.2 Å². The molecule has 0 N–H and O–H groups in total. The van der Waals surface area contributed by atoms with Gasteiger partial charge in [-0.2, -0.15) is 4.31 Å². The van der Waals surface area contributed by atoms with Crippen molar-refractivity contribution >= 4 is 43.4 Å². The number of hydrogen-bond acceptors (Lipinski definition) is 11. The summed E-state index contributed by atoms with van der Waals surface area (Å²) >= 11 is 1.65. The van der Waals surface area contributed by atoms with E-state index >= 15 is 0 Å². The predicted molar refractivity (Wildman–Crippen MR) is 168 cm³/mol. The molecule has 1 atom stereocenters. The SMILES string of the molecule is CCOC(=O)CCCCCOc1ccc(-c2nc(N3CCOC(CN4CCN(S(C)(=O)=O)CC4)C3)c3sccc3n2)cc1. The molecule has 43 heavy (non-hydrogen) atoms. The van der Waals surface area contributed by atoms with Crippen LogP contribution in [0, 0.1) is 0 Å². The van der Waals surface area contributed by atoms with Crippen molar-refractivity contribution in [1.82, 2.24) is 19.2 Å².